The summed E-state index contributed by atoms with van der Waals surface area (Å²) in [4.78, 5) is 0.203. The summed E-state index contributed by atoms with van der Waals surface area (Å²) in [7, 11) is -2.10. The van der Waals surface area contributed by atoms with Crippen molar-refractivity contribution in [3.63, 3.8) is 0 Å². The van der Waals surface area contributed by atoms with Crippen LogP contribution < -0.4 is 4.74 Å². The molecule has 0 aliphatic carbocycles. The third-order valence-corrected chi connectivity index (χ3v) is 6.64. The van der Waals surface area contributed by atoms with Gasteiger partial charge >= 0.3 is 0 Å². The van der Waals surface area contributed by atoms with E-state index in [2.05, 4.69) is 6.92 Å². The van der Waals surface area contributed by atoms with Crippen molar-refractivity contribution in [2.45, 2.75) is 38.5 Å². The maximum Gasteiger partial charge on any atom is 0.247 e. The highest BCUT2D eigenvalue weighted by molar-refractivity contribution is 7.89. The molecule has 0 saturated carbocycles. The molecule has 1 aromatic rings. The van der Waals surface area contributed by atoms with Crippen molar-refractivity contribution in [1.82, 2.24) is 4.31 Å². The Hall–Kier alpha value is -0.780. The van der Waals surface area contributed by atoms with E-state index in [0.29, 0.717) is 35.3 Å². The quantitative estimate of drug-likeness (QED) is 0.853. The average Bonchev–Trinajstić information content (AvgIpc) is 2.43. The summed E-state index contributed by atoms with van der Waals surface area (Å²) < 4.78 is 32.8. The summed E-state index contributed by atoms with van der Waals surface area (Å²) in [5.41, 5.74) is 1.38. The van der Waals surface area contributed by atoms with Crippen LogP contribution in [0, 0.1) is 19.8 Å². The third kappa shape index (κ3) is 3.05. The number of rotatable bonds is 3. The number of nitrogens with zero attached hydrogens (tertiary/aromatic N) is 1. The van der Waals surface area contributed by atoms with E-state index in [1.165, 1.54) is 7.11 Å². The minimum Gasteiger partial charge on any atom is -0.495 e. The monoisotopic (exact) mass is 331 g/mol. The molecule has 21 heavy (non-hydrogen) atoms. The molecule has 0 spiro atoms. The van der Waals surface area contributed by atoms with Crippen LogP contribution >= 0.6 is 11.6 Å². The topological polar surface area (TPSA) is 46.6 Å². The van der Waals surface area contributed by atoms with Gasteiger partial charge < -0.3 is 4.74 Å². The third-order valence-electron chi connectivity index (χ3n) is 4.02. The molecular weight excluding hydrogens is 310 g/mol. The zero-order chi connectivity index (χ0) is 15.8. The lowest BCUT2D eigenvalue weighted by atomic mass is 10.0. The van der Waals surface area contributed by atoms with Crippen LogP contribution in [0.25, 0.3) is 0 Å². The van der Waals surface area contributed by atoms with Crippen molar-refractivity contribution < 1.29 is 13.2 Å². The minimum absolute atomic E-state index is 0.203. The van der Waals surface area contributed by atoms with Gasteiger partial charge in [0.1, 0.15) is 10.6 Å². The smallest absolute Gasteiger partial charge is 0.247 e. The van der Waals surface area contributed by atoms with E-state index < -0.39 is 10.0 Å². The van der Waals surface area contributed by atoms with Gasteiger partial charge in [-0.05, 0) is 49.8 Å². The summed E-state index contributed by atoms with van der Waals surface area (Å²) >= 11 is 6.25. The number of ether oxygens (including phenoxy) is 1. The number of hydrogen-bond acceptors (Lipinski definition) is 3. The number of aryl methyl sites for hydroxylation is 1. The Kier molecular flexibility index (Phi) is 4.85. The lowest BCUT2D eigenvalue weighted by Crippen LogP contribution is -2.39. The number of methoxy groups -OCH3 is 1. The molecule has 2 rings (SSSR count). The second-order valence-electron chi connectivity index (χ2n) is 5.77. The van der Waals surface area contributed by atoms with Gasteiger partial charge in [-0.2, -0.15) is 4.31 Å². The van der Waals surface area contributed by atoms with Crippen molar-refractivity contribution in [2.75, 3.05) is 20.2 Å². The molecule has 1 aromatic carbocycles. The van der Waals surface area contributed by atoms with Crippen molar-refractivity contribution in [3.8, 4) is 5.75 Å². The number of halogens is 1. The van der Waals surface area contributed by atoms with E-state index in [1.54, 1.807) is 17.3 Å². The number of benzene rings is 1. The highest BCUT2D eigenvalue weighted by Crippen LogP contribution is 2.37. The molecule has 0 bridgehead atoms. The van der Waals surface area contributed by atoms with Gasteiger partial charge in [0.2, 0.25) is 10.0 Å². The Morgan fingerprint density at radius 1 is 1.38 bits per heavy atom. The van der Waals surface area contributed by atoms with Crippen molar-refractivity contribution in [1.29, 1.82) is 0 Å². The van der Waals surface area contributed by atoms with Crippen molar-refractivity contribution in [2.24, 2.45) is 5.92 Å². The van der Waals surface area contributed by atoms with Gasteiger partial charge in [0.15, 0.2) is 0 Å². The summed E-state index contributed by atoms with van der Waals surface area (Å²) in [5, 5.41) is 0.486. The first-order valence-electron chi connectivity index (χ1n) is 7.13. The van der Waals surface area contributed by atoms with E-state index >= 15 is 0 Å². The fourth-order valence-electron chi connectivity index (χ4n) is 2.87. The molecule has 0 amide bonds. The SMILES string of the molecule is COc1cc(C)c(Cl)c(C)c1S(=O)(=O)N1CCC[C@@H](C)C1. The molecule has 0 unspecified atom stereocenters. The highest BCUT2D eigenvalue weighted by Gasteiger charge is 2.33. The van der Waals surface area contributed by atoms with E-state index in [9.17, 15) is 8.42 Å². The van der Waals surface area contributed by atoms with Crippen LogP contribution in [0.2, 0.25) is 5.02 Å². The van der Waals surface area contributed by atoms with Crippen LogP contribution in [0.15, 0.2) is 11.0 Å². The molecule has 1 fully saturated rings. The lowest BCUT2D eigenvalue weighted by Gasteiger charge is -2.31. The summed E-state index contributed by atoms with van der Waals surface area (Å²) in [6, 6.07) is 1.69. The molecule has 4 nitrogen and oxygen atoms in total. The zero-order valence-corrected chi connectivity index (χ0v) is 14.5. The summed E-state index contributed by atoms with van der Waals surface area (Å²) in [5.74, 6) is 0.744. The Balaban J connectivity index is 2.56. The number of hydrogen-bond donors (Lipinski definition) is 0. The molecule has 0 aromatic heterocycles. The van der Waals surface area contributed by atoms with Gasteiger partial charge in [0.05, 0.1) is 7.11 Å². The molecule has 1 aliphatic rings. The Morgan fingerprint density at radius 3 is 2.62 bits per heavy atom. The first-order valence-corrected chi connectivity index (χ1v) is 8.94. The highest BCUT2D eigenvalue weighted by atomic mass is 35.5. The first kappa shape index (κ1) is 16.6. The largest absolute Gasteiger partial charge is 0.495 e. The van der Waals surface area contributed by atoms with Gasteiger partial charge in [-0.3, -0.25) is 0 Å². The number of piperidine rings is 1. The van der Waals surface area contributed by atoms with Gasteiger partial charge in [-0.15, -0.1) is 0 Å². The van der Waals surface area contributed by atoms with Crippen LogP contribution in [-0.2, 0) is 10.0 Å². The standard InChI is InChI=1S/C15H22ClNO3S/c1-10-6-5-7-17(9-10)21(18,19)15-12(3)14(16)11(2)8-13(15)20-4/h8,10H,5-7,9H2,1-4H3/t10-/m1/s1. The first-order chi connectivity index (χ1) is 9.78. The van der Waals surface area contributed by atoms with Crippen LogP contribution in [0.5, 0.6) is 5.75 Å². The van der Waals surface area contributed by atoms with E-state index in [0.717, 1.165) is 18.4 Å². The fraction of sp³-hybridized carbons (Fsp3) is 0.600. The van der Waals surface area contributed by atoms with Gasteiger partial charge in [-0.1, -0.05) is 18.5 Å². The minimum atomic E-state index is -3.58. The maximum atomic E-state index is 13.0. The molecule has 0 N–H and O–H groups in total. The lowest BCUT2D eigenvalue weighted by molar-refractivity contribution is 0.280. The molecule has 1 saturated heterocycles. The van der Waals surface area contributed by atoms with Crippen LogP contribution in [0.1, 0.15) is 30.9 Å². The molecular formula is C15H22ClNO3S. The molecule has 6 heteroatoms. The van der Waals surface area contributed by atoms with E-state index in [1.807, 2.05) is 6.92 Å². The molecule has 1 aliphatic heterocycles. The second-order valence-corrected chi connectivity index (χ2v) is 8.03. The van der Waals surface area contributed by atoms with Crippen molar-refractivity contribution in [3.05, 3.63) is 22.2 Å². The van der Waals surface area contributed by atoms with Gasteiger partial charge in [-0.25, -0.2) is 8.42 Å². The number of sulfonamides is 1. The van der Waals surface area contributed by atoms with Gasteiger partial charge in [0, 0.05) is 18.1 Å². The average molecular weight is 332 g/mol. The van der Waals surface area contributed by atoms with Crippen LogP contribution in [0.4, 0.5) is 0 Å². The molecule has 118 valence electrons. The molecule has 1 heterocycles. The Labute approximate surface area is 132 Å². The summed E-state index contributed by atoms with van der Waals surface area (Å²) in [6.07, 6.45) is 1.96. The van der Waals surface area contributed by atoms with Crippen molar-refractivity contribution >= 4 is 21.6 Å². The fourth-order valence-corrected chi connectivity index (χ4v) is 5.04. The normalized spacial score (nSPS) is 20.5. The van der Waals surface area contributed by atoms with E-state index in [-0.39, 0.29) is 4.90 Å². The zero-order valence-electron chi connectivity index (χ0n) is 12.9. The Bertz CT molecular complexity index is 643. The predicted molar refractivity (Wildman–Crippen MR) is 84.6 cm³/mol. The predicted octanol–water partition coefficient (Wildman–Crippen LogP) is 3.39. The van der Waals surface area contributed by atoms with E-state index in [4.69, 9.17) is 16.3 Å². The Morgan fingerprint density at radius 2 is 2.05 bits per heavy atom. The van der Waals surface area contributed by atoms with Crippen LogP contribution in [-0.4, -0.2) is 32.9 Å². The second kappa shape index (κ2) is 6.15. The maximum absolute atomic E-state index is 13.0. The van der Waals surface area contributed by atoms with Gasteiger partial charge in [0.25, 0.3) is 0 Å². The van der Waals surface area contributed by atoms with Crippen LogP contribution in [0.3, 0.4) is 0 Å². The summed E-state index contributed by atoms with van der Waals surface area (Å²) in [6.45, 7) is 6.76. The molecule has 1 atom stereocenters. The molecule has 0 radical (unpaired) electrons.